The molecular formula is C56H117N13. The van der Waals surface area contributed by atoms with E-state index in [9.17, 15) is 0 Å². The Kier molecular flexibility index (Phi) is 24.9. The standard InChI is InChI=1S/C14H29N3.C12H25N3.C11H23N3.C10H22N2.C9H18N2/c1-12(2)15-7-9-16(10-8-15)14-5-6-17(11-14)13(3)4;1-11(2)15-5-4-12(10-15)14-8-6-13(3)7-9-14;1-10(2)14-8-11(9-14)13-6-4-12(3)5-7-13;1-9(2)12-7-5-10(6-8-12)11(3)4;1-7(2)11-6-8-4-9(11)5-10(8)3/h12-14H,5-11H2,1-4H3;11-12H,4-10H2,1-3H3;10-11H,4-9H2,1-3H3;9-10H,5-8H2,1-4H3;7-9H,4-6H2,1-3H3. The van der Waals surface area contributed by atoms with Crippen molar-refractivity contribution in [3.63, 3.8) is 0 Å². The summed E-state index contributed by atoms with van der Waals surface area (Å²) in [5, 5.41) is 0. The number of likely N-dealkylation sites (N-methyl/N-ethyl adjacent to an activating group) is 3. The molecule has 9 saturated heterocycles. The maximum atomic E-state index is 2.72. The molecule has 9 heterocycles. The summed E-state index contributed by atoms with van der Waals surface area (Å²) in [4.78, 5) is 33.4. The molecule has 0 amide bonds. The minimum Gasteiger partial charge on any atom is -0.306 e. The summed E-state index contributed by atoms with van der Waals surface area (Å²) < 4.78 is 0. The van der Waals surface area contributed by atoms with E-state index in [2.05, 4.69) is 182 Å². The molecule has 0 aromatic heterocycles. The van der Waals surface area contributed by atoms with E-state index >= 15 is 0 Å². The van der Waals surface area contributed by atoms with Gasteiger partial charge in [0.1, 0.15) is 0 Å². The van der Waals surface area contributed by atoms with Gasteiger partial charge < -0.3 is 24.5 Å². The molecule has 2 bridgehead atoms. The molecule has 0 aliphatic carbocycles. The average molecular weight is 973 g/mol. The van der Waals surface area contributed by atoms with Crippen molar-refractivity contribution >= 4 is 0 Å². The number of fused-ring (bicyclic) bond motifs is 2. The second kappa shape index (κ2) is 29.0. The first-order valence-electron chi connectivity index (χ1n) is 29.1. The van der Waals surface area contributed by atoms with Crippen LogP contribution in [0.4, 0.5) is 0 Å². The monoisotopic (exact) mass is 972 g/mol. The quantitative estimate of drug-likeness (QED) is 0.304. The van der Waals surface area contributed by atoms with E-state index in [1.165, 1.54) is 176 Å². The van der Waals surface area contributed by atoms with Crippen LogP contribution in [-0.2, 0) is 0 Å². The average Bonchev–Trinajstić information content (AvgIpc) is 4.14. The molecule has 0 aromatic rings. The number of likely N-dealkylation sites (tertiary alicyclic amines) is 6. The third kappa shape index (κ3) is 18.4. The molecule has 69 heavy (non-hydrogen) atoms. The first-order chi connectivity index (χ1) is 32.7. The van der Waals surface area contributed by atoms with Crippen molar-refractivity contribution in [1.82, 2.24) is 63.7 Å². The Labute approximate surface area is 429 Å². The van der Waals surface area contributed by atoms with Gasteiger partial charge in [0, 0.05) is 203 Å². The van der Waals surface area contributed by atoms with Crippen molar-refractivity contribution in [2.24, 2.45) is 0 Å². The Morgan fingerprint density at radius 2 is 0.681 bits per heavy atom. The Bertz CT molecular complexity index is 1340. The zero-order valence-corrected chi connectivity index (χ0v) is 48.8. The lowest BCUT2D eigenvalue weighted by atomic mass is 10.0. The number of hydrogen-bond acceptors (Lipinski definition) is 13. The highest BCUT2D eigenvalue weighted by Gasteiger charge is 2.42. The van der Waals surface area contributed by atoms with E-state index in [1.54, 1.807) is 0 Å². The highest BCUT2D eigenvalue weighted by Crippen LogP contribution is 2.30. The van der Waals surface area contributed by atoms with Crippen LogP contribution in [0.15, 0.2) is 0 Å². The van der Waals surface area contributed by atoms with Crippen LogP contribution >= 0.6 is 0 Å². The Hall–Kier alpha value is -0.520. The van der Waals surface area contributed by atoms with Crippen molar-refractivity contribution in [3.8, 4) is 0 Å². The molecule has 9 fully saturated rings. The SMILES string of the molecule is CC(C)N1CC(N2CCN(C)CC2)C1.CC(C)N1CC2CC1CN2C.CC(C)N1CCC(N(C)C)CC1.CC(C)N1CCC(N2CCN(C)CC2)C1.CC(C)N1CCN(C2CCN(C(C)C)C2)CC1. The van der Waals surface area contributed by atoms with Crippen molar-refractivity contribution < 1.29 is 0 Å². The molecule has 9 rings (SSSR count). The van der Waals surface area contributed by atoms with Gasteiger partial charge in [-0.3, -0.25) is 39.2 Å². The summed E-state index contributed by atoms with van der Waals surface area (Å²) in [7, 11) is 11.1. The van der Waals surface area contributed by atoms with E-state index in [-0.39, 0.29) is 0 Å². The van der Waals surface area contributed by atoms with Gasteiger partial charge in [-0.25, -0.2) is 0 Å². The number of piperazine rings is 4. The maximum absolute atomic E-state index is 2.72. The van der Waals surface area contributed by atoms with Gasteiger partial charge in [0.25, 0.3) is 0 Å². The first-order valence-corrected chi connectivity index (χ1v) is 29.1. The largest absolute Gasteiger partial charge is 0.306 e. The minimum absolute atomic E-state index is 0.716. The number of hydrogen-bond donors (Lipinski definition) is 0. The Morgan fingerprint density at radius 1 is 0.319 bits per heavy atom. The summed E-state index contributed by atoms with van der Waals surface area (Å²) in [6.45, 7) is 55.7. The lowest BCUT2D eigenvalue weighted by Crippen LogP contribution is -2.64. The fourth-order valence-corrected chi connectivity index (χ4v) is 12.7. The Balaban J connectivity index is 0.000000162. The molecule has 13 nitrogen and oxygen atoms in total. The lowest BCUT2D eigenvalue weighted by Gasteiger charge is -2.49. The molecule has 406 valence electrons. The van der Waals surface area contributed by atoms with Gasteiger partial charge in [-0.15, -0.1) is 0 Å². The van der Waals surface area contributed by atoms with E-state index in [0.717, 1.165) is 66.5 Å². The highest BCUT2D eigenvalue weighted by atomic mass is 15.4. The number of rotatable bonds is 10. The van der Waals surface area contributed by atoms with Crippen LogP contribution in [0.2, 0.25) is 0 Å². The Morgan fingerprint density at radius 3 is 1.01 bits per heavy atom. The molecule has 4 atom stereocenters. The zero-order chi connectivity index (χ0) is 50.5. The van der Waals surface area contributed by atoms with Crippen LogP contribution in [0.3, 0.4) is 0 Å². The summed E-state index contributed by atoms with van der Waals surface area (Å²) >= 11 is 0. The van der Waals surface area contributed by atoms with Gasteiger partial charge in [-0.1, -0.05) is 0 Å². The molecule has 0 saturated carbocycles. The van der Waals surface area contributed by atoms with Crippen LogP contribution in [0.25, 0.3) is 0 Å². The normalized spacial score (nSPS) is 30.1. The number of piperidine rings is 1. The molecule has 9 aliphatic rings. The van der Waals surface area contributed by atoms with Crippen LogP contribution in [0.5, 0.6) is 0 Å². The molecule has 0 radical (unpaired) electrons. The summed E-state index contributed by atoms with van der Waals surface area (Å²) in [5.41, 5.74) is 0. The van der Waals surface area contributed by atoms with Gasteiger partial charge >= 0.3 is 0 Å². The summed E-state index contributed by atoms with van der Waals surface area (Å²) in [6.07, 6.45) is 6.84. The molecule has 4 unspecified atom stereocenters. The molecule has 0 aromatic carbocycles. The topological polar surface area (TPSA) is 42.1 Å². The van der Waals surface area contributed by atoms with E-state index in [4.69, 9.17) is 0 Å². The van der Waals surface area contributed by atoms with Gasteiger partial charge in [0.05, 0.1) is 0 Å². The fraction of sp³-hybridized carbons (Fsp3) is 1.00. The van der Waals surface area contributed by atoms with E-state index in [1.807, 2.05) is 0 Å². The summed E-state index contributed by atoms with van der Waals surface area (Å²) in [6, 6.07) is 9.43. The van der Waals surface area contributed by atoms with Crippen LogP contribution in [0.1, 0.15) is 115 Å². The van der Waals surface area contributed by atoms with Gasteiger partial charge in [0.15, 0.2) is 0 Å². The predicted molar refractivity (Wildman–Crippen MR) is 297 cm³/mol. The minimum atomic E-state index is 0.716. The smallest absolute Gasteiger partial charge is 0.0351 e. The van der Waals surface area contributed by atoms with Crippen molar-refractivity contribution in [3.05, 3.63) is 0 Å². The number of nitrogens with zero attached hydrogens (tertiary/aromatic N) is 13. The van der Waals surface area contributed by atoms with Crippen LogP contribution in [-0.4, -0.2) is 315 Å². The molecule has 13 heteroatoms. The molecule has 0 spiro atoms. The van der Waals surface area contributed by atoms with Crippen molar-refractivity contribution in [2.75, 3.05) is 179 Å². The fourth-order valence-electron chi connectivity index (χ4n) is 12.7. The van der Waals surface area contributed by atoms with Crippen LogP contribution < -0.4 is 0 Å². The lowest BCUT2D eigenvalue weighted by molar-refractivity contribution is -0.00575. The predicted octanol–water partition coefficient (Wildman–Crippen LogP) is 4.74. The van der Waals surface area contributed by atoms with Crippen molar-refractivity contribution in [2.45, 2.75) is 188 Å². The van der Waals surface area contributed by atoms with Crippen LogP contribution in [0, 0.1) is 0 Å². The van der Waals surface area contributed by atoms with E-state index in [0.29, 0.717) is 6.04 Å². The molecular weight excluding hydrogens is 855 g/mol. The van der Waals surface area contributed by atoms with E-state index < -0.39 is 0 Å². The van der Waals surface area contributed by atoms with Gasteiger partial charge in [-0.05, 0) is 164 Å². The zero-order valence-electron chi connectivity index (χ0n) is 48.8. The van der Waals surface area contributed by atoms with Gasteiger partial charge in [0.2, 0.25) is 0 Å². The third-order valence-electron chi connectivity index (χ3n) is 18.4. The summed E-state index contributed by atoms with van der Waals surface area (Å²) in [5.74, 6) is 0. The van der Waals surface area contributed by atoms with Crippen molar-refractivity contribution in [1.29, 1.82) is 0 Å². The third-order valence-corrected chi connectivity index (χ3v) is 18.4. The molecule has 9 aliphatic heterocycles. The molecule has 0 N–H and O–H groups in total. The van der Waals surface area contributed by atoms with Gasteiger partial charge in [-0.2, -0.15) is 0 Å². The maximum Gasteiger partial charge on any atom is 0.0351 e. The second-order valence-electron chi connectivity index (χ2n) is 25.2. The highest BCUT2D eigenvalue weighted by molar-refractivity contribution is 4.99. The first kappa shape index (κ1) is 59.4. The second-order valence-corrected chi connectivity index (χ2v) is 25.2.